The molecule has 0 aliphatic rings. The van der Waals surface area contributed by atoms with Crippen LogP contribution in [0.5, 0.6) is 5.75 Å². The Hall–Kier alpha value is -3.07. The Kier molecular flexibility index (Phi) is 7.82. The molecule has 1 atom stereocenters. The molecule has 0 heterocycles. The topological polar surface area (TPSA) is 122 Å². The molecule has 8 nitrogen and oxygen atoms in total. The maximum atomic E-state index is 12.1. The number of nitrogens with one attached hydrogen (secondary N) is 2. The summed E-state index contributed by atoms with van der Waals surface area (Å²) in [5.41, 5.74) is 0.381. The van der Waals surface area contributed by atoms with Gasteiger partial charge in [0.2, 0.25) is 5.91 Å². The Bertz CT molecular complexity index is 842. The maximum Gasteiger partial charge on any atom is 0.269 e. The third-order valence-electron chi connectivity index (χ3n) is 3.78. The van der Waals surface area contributed by atoms with Crippen molar-refractivity contribution in [3.8, 4) is 5.75 Å². The van der Waals surface area contributed by atoms with E-state index in [1.807, 2.05) is 0 Å². The monoisotopic (exact) mass is 403 g/mol. The number of nitro groups is 1. The van der Waals surface area contributed by atoms with E-state index in [1.165, 1.54) is 36.0 Å². The number of nitrogens with zero attached hydrogens (tertiary/aromatic N) is 1. The number of aromatic hydroxyl groups is 1. The highest BCUT2D eigenvalue weighted by Crippen LogP contribution is 2.25. The largest absolute Gasteiger partial charge is 0.508 e. The average molecular weight is 403 g/mol. The number of phenols is 1. The van der Waals surface area contributed by atoms with Crippen LogP contribution in [0, 0.1) is 10.1 Å². The summed E-state index contributed by atoms with van der Waals surface area (Å²) in [4.78, 5) is 35.0. The van der Waals surface area contributed by atoms with Crippen molar-refractivity contribution in [1.29, 1.82) is 0 Å². The van der Waals surface area contributed by atoms with Crippen LogP contribution in [0.15, 0.2) is 53.4 Å². The fourth-order valence-electron chi connectivity index (χ4n) is 2.30. The summed E-state index contributed by atoms with van der Waals surface area (Å²) in [5.74, 6) is -0.411. The number of non-ortho nitro benzene ring substituents is 1. The predicted molar refractivity (Wildman–Crippen MR) is 106 cm³/mol. The van der Waals surface area contributed by atoms with Gasteiger partial charge in [-0.05, 0) is 43.7 Å². The second-order valence-electron chi connectivity index (χ2n) is 5.96. The van der Waals surface area contributed by atoms with E-state index in [-0.39, 0.29) is 28.5 Å². The maximum absolute atomic E-state index is 12.1. The molecule has 28 heavy (non-hydrogen) atoms. The molecule has 2 aromatic carbocycles. The Morgan fingerprint density at radius 3 is 2.46 bits per heavy atom. The van der Waals surface area contributed by atoms with E-state index in [1.54, 1.807) is 31.2 Å². The number of amides is 2. The van der Waals surface area contributed by atoms with Gasteiger partial charge in [0.05, 0.1) is 10.2 Å². The summed E-state index contributed by atoms with van der Waals surface area (Å²) in [5, 5.41) is 25.2. The van der Waals surface area contributed by atoms with Crippen molar-refractivity contribution in [2.24, 2.45) is 0 Å². The van der Waals surface area contributed by atoms with E-state index in [9.17, 15) is 24.8 Å². The van der Waals surface area contributed by atoms with Crippen molar-refractivity contribution < 1.29 is 19.6 Å². The first-order valence-corrected chi connectivity index (χ1v) is 9.51. The number of rotatable bonds is 9. The molecule has 0 fully saturated rings. The molecule has 3 N–H and O–H groups in total. The third kappa shape index (κ3) is 6.58. The van der Waals surface area contributed by atoms with Crippen LogP contribution >= 0.6 is 11.8 Å². The van der Waals surface area contributed by atoms with E-state index in [2.05, 4.69) is 10.6 Å². The van der Waals surface area contributed by atoms with Gasteiger partial charge in [0.25, 0.3) is 11.6 Å². The lowest BCUT2D eigenvalue weighted by Crippen LogP contribution is -2.33. The van der Waals surface area contributed by atoms with Crippen molar-refractivity contribution in [2.45, 2.75) is 23.5 Å². The van der Waals surface area contributed by atoms with Gasteiger partial charge in [-0.2, -0.15) is 0 Å². The molecule has 2 rings (SSSR count). The van der Waals surface area contributed by atoms with E-state index in [0.29, 0.717) is 25.1 Å². The number of phenolic OH excluding ortho intramolecular Hbond substituents is 1. The van der Waals surface area contributed by atoms with E-state index >= 15 is 0 Å². The molecular formula is C19H21N3O5S. The van der Waals surface area contributed by atoms with Crippen LogP contribution < -0.4 is 10.6 Å². The average Bonchev–Trinajstić information content (AvgIpc) is 2.67. The van der Waals surface area contributed by atoms with Crippen molar-refractivity contribution in [3.05, 3.63) is 64.2 Å². The number of benzene rings is 2. The van der Waals surface area contributed by atoms with Crippen LogP contribution in [-0.2, 0) is 4.79 Å². The van der Waals surface area contributed by atoms with Gasteiger partial charge in [-0.1, -0.05) is 6.07 Å². The summed E-state index contributed by atoms with van der Waals surface area (Å²) in [7, 11) is 0. The van der Waals surface area contributed by atoms with E-state index in [0.717, 1.165) is 4.90 Å². The second-order valence-corrected chi connectivity index (χ2v) is 7.38. The zero-order valence-corrected chi connectivity index (χ0v) is 16.1. The van der Waals surface area contributed by atoms with Gasteiger partial charge in [0.15, 0.2) is 0 Å². The van der Waals surface area contributed by atoms with E-state index < -0.39 is 4.92 Å². The fourth-order valence-corrected chi connectivity index (χ4v) is 3.19. The second kappa shape index (κ2) is 10.3. The normalized spacial score (nSPS) is 11.5. The molecule has 0 aromatic heterocycles. The fraction of sp³-hybridized carbons (Fsp3) is 0.263. The van der Waals surface area contributed by atoms with Crippen molar-refractivity contribution in [1.82, 2.24) is 10.6 Å². The Labute approximate surface area is 166 Å². The molecule has 1 unspecified atom stereocenters. The molecule has 0 spiro atoms. The Balaban J connectivity index is 1.67. The van der Waals surface area contributed by atoms with Gasteiger partial charge < -0.3 is 15.7 Å². The van der Waals surface area contributed by atoms with Crippen molar-refractivity contribution >= 4 is 29.3 Å². The molecule has 0 radical (unpaired) electrons. The quantitative estimate of drug-likeness (QED) is 0.256. The van der Waals surface area contributed by atoms with Crippen LogP contribution in [0.3, 0.4) is 0 Å². The minimum Gasteiger partial charge on any atom is -0.508 e. The number of thioether (sulfide) groups is 1. The lowest BCUT2D eigenvalue weighted by Gasteiger charge is -2.12. The predicted octanol–water partition coefficient (Wildman–Crippen LogP) is 2.72. The summed E-state index contributed by atoms with van der Waals surface area (Å²) in [6.07, 6.45) is 0.561. The van der Waals surface area contributed by atoms with Gasteiger partial charge in [-0.25, -0.2) is 0 Å². The van der Waals surface area contributed by atoms with Crippen LogP contribution in [0.2, 0.25) is 0 Å². The molecule has 2 amide bonds. The highest BCUT2D eigenvalue weighted by molar-refractivity contribution is 8.00. The first kappa shape index (κ1) is 21.2. The standard InChI is InChI=1S/C19H21N3O5S/c1-13(28-17-8-6-15(7-9-17)22(26)27)18(24)20-10-3-11-21-19(25)14-4-2-5-16(23)12-14/h2,4-9,12-13,23H,3,10-11H2,1H3,(H,20,24)(H,21,25). The van der Waals surface area contributed by atoms with Gasteiger partial charge in [-0.15, -0.1) is 11.8 Å². The SMILES string of the molecule is CC(Sc1ccc([N+](=O)[O-])cc1)C(=O)NCCCNC(=O)c1cccc(O)c1. The minimum absolute atomic E-state index is 0.00853. The molecule has 0 saturated heterocycles. The minimum atomic E-state index is -0.468. The number of carbonyl (C=O) groups is 2. The Morgan fingerprint density at radius 1 is 1.14 bits per heavy atom. The van der Waals surface area contributed by atoms with Gasteiger partial charge in [0, 0.05) is 35.7 Å². The van der Waals surface area contributed by atoms with Crippen LogP contribution in [0.4, 0.5) is 5.69 Å². The highest BCUT2D eigenvalue weighted by atomic mass is 32.2. The van der Waals surface area contributed by atoms with Crippen LogP contribution in [0.25, 0.3) is 0 Å². The van der Waals surface area contributed by atoms with Crippen molar-refractivity contribution in [2.75, 3.05) is 13.1 Å². The van der Waals surface area contributed by atoms with Gasteiger partial charge in [-0.3, -0.25) is 19.7 Å². The lowest BCUT2D eigenvalue weighted by atomic mass is 10.2. The van der Waals surface area contributed by atoms with Gasteiger partial charge >= 0.3 is 0 Å². The Morgan fingerprint density at radius 2 is 1.82 bits per heavy atom. The molecule has 0 aliphatic heterocycles. The third-order valence-corrected chi connectivity index (χ3v) is 4.89. The van der Waals surface area contributed by atoms with Crippen LogP contribution in [0.1, 0.15) is 23.7 Å². The number of hydrogen-bond donors (Lipinski definition) is 3. The molecule has 0 aliphatic carbocycles. The summed E-state index contributed by atoms with van der Waals surface area (Å²) >= 11 is 1.31. The molecule has 0 saturated carbocycles. The van der Waals surface area contributed by atoms with Gasteiger partial charge in [0.1, 0.15) is 5.75 Å². The first-order valence-electron chi connectivity index (χ1n) is 8.63. The summed E-state index contributed by atoms with van der Waals surface area (Å²) < 4.78 is 0. The lowest BCUT2D eigenvalue weighted by molar-refractivity contribution is -0.384. The molecule has 148 valence electrons. The molecule has 0 bridgehead atoms. The zero-order valence-electron chi connectivity index (χ0n) is 15.3. The number of nitro benzene ring substituents is 1. The number of hydrogen-bond acceptors (Lipinski definition) is 6. The molecule has 2 aromatic rings. The molecular weight excluding hydrogens is 382 g/mol. The number of carbonyl (C=O) groups excluding carboxylic acids is 2. The van der Waals surface area contributed by atoms with Crippen LogP contribution in [-0.4, -0.2) is 40.2 Å². The summed E-state index contributed by atoms with van der Waals surface area (Å²) in [6.45, 7) is 2.55. The smallest absolute Gasteiger partial charge is 0.269 e. The molecule has 9 heteroatoms. The van der Waals surface area contributed by atoms with E-state index in [4.69, 9.17) is 0 Å². The van der Waals surface area contributed by atoms with Crippen molar-refractivity contribution in [3.63, 3.8) is 0 Å². The highest BCUT2D eigenvalue weighted by Gasteiger charge is 2.14. The first-order chi connectivity index (χ1) is 13.4. The zero-order chi connectivity index (χ0) is 20.5. The summed E-state index contributed by atoms with van der Waals surface area (Å²) in [6, 6.07) is 12.1.